The number of piperidine rings is 1. The molecule has 140 valence electrons. The highest BCUT2D eigenvalue weighted by Crippen LogP contribution is 2.45. The van der Waals surface area contributed by atoms with Gasteiger partial charge in [0, 0.05) is 48.3 Å². The molecule has 4 nitrogen and oxygen atoms in total. The van der Waals surface area contributed by atoms with Crippen molar-refractivity contribution in [3.8, 4) is 0 Å². The Morgan fingerprint density at radius 1 is 1.11 bits per heavy atom. The van der Waals surface area contributed by atoms with Crippen LogP contribution in [-0.4, -0.2) is 32.6 Å². The average molecular weight is 380 g/mol. The Bertz CT molecular complexity index is 866. The lowest BCUT2D eigenvalue weighted by molar-refractivity contribution is -0.0232. The zero-order chi connectivity index (χ0) is 18.3. The first kappa shape index (κ1) is 17.2. The highest BCUT2D eigenvalue weighted by molar-refractivity contribution is 7.10. The lowest BCUT2D eigenvalue weighted by Crippen LogP contribution is -2.45. The van der Waals surface area contributed by atoms with E-state index < -0.39 is 5.60 Å². The molecule has 1 aromatic carbocycles. The fourth-order valence-corrected chi connectivity index (χ4v) is 5.72. The summed E-state index contributed by atoms with van der Waals surface area (Å²) in [5.74, 6) is 1.04. The van der Waals surface area contributed by atoms with Crippen molar-refractivity contribution in [3.05, 3.63) is 76.0 Å². The molecule has 3 aromatic rings. The van der Waals surface area contributed by atoms with Crippen LogP contribution in [0.5, 0.6) is 0 Å². The van der Waals surface area contributed by atoms with Gasteiger partial charge in [-0.25, -0.2) is 4.98 Å². The molecule has 4 heterocycles. The first-order valence-corrected chi connectivity index (χ1v) is 10.7. The second-order valence-electron chi connectivity index (χ2n) is 7.75. The van der Waals surface area contributed by atoms with Crippen LogP contribution in [0.2, 0.25) is 0 Å². The third-order valence-electron chi connectivity index (χ3n) is 6.22. The smallest absolute Gasteiger partial charge is 0.151 e. The number of likely N-dealkylation sites (tertiary alicyclic amines) is 1. The number of thiophene rings is 1. The van der Waals surface area contributed by atoms with Crippen molar-refractivity contribution in [2.45, 2.75) is 38.0 Å². The van der Waals surface area contributed by atoms with E-state index in [0.717, 1.165) is 56.8 Å². The zero-order valence-corrected chi connectivity index (χ0v) is 16.2. The maximum atomic E-state index is 12.0. The minimum absolute atomic E-state index is 0.206. The number of rotatable bonds is 3. The average Bonchev–Trinajstić information content (AvgIpc) is 3.35. The van der Waals surface area contributed by atoms with Crippen molar-refractivity contribution in [1.82, 2.24) is 14.5 Å². The summed E-state index contributed by atoms with van der Waals surface area (Å²) in [5.41, 5.74) is 1.49. The fourth-order valence-electron chi connectivity index (χ4n) is 4.80. The van der Waals surface area contributed by atoms with Crippen molar-refractivity contribution < 1.29 is 5.11 Å². The number of hydrogen-bond donors (Lipinski definition) is 1. The molecule has 0 aliphatic carbocycles. The standard InChI is InChI=1S/C22H25N3OS/c26-22(18-6-11-24(12-7-18)16-17-4-2-1-3-5-17)19-9-15-27-20(19)8-13-25-14-10-23-21(22)25/h1-5,9-10,14-15,18,26H,6-8,11-13,16H2. The Kier molecular flexibility index (Phi) is 4.38. The van der Waals surface area contributed by atoms with E-state index in [1.54, 1.807) is 11.3 Å². The van der Waals surface area contributed by atoms with E-state index >= 15 is 0 Å². The van der Waals surface area contributed by atoms with Gasteiger partial charge in [-0.2, -0.15) is 0 Å². The van der Waals surface area contributed by atoms with Crippen LogP contribution < -0.4 is 0 Å². The lowest BCUT2D eigenvalue weighted by atomic mass is 9.75. The van der Waals surface area contributed by atoms with Crippen LogP contribution in [0.4, 0.5) is 0 Å². The summed E-state index contributed by atoms with van der Waals surface area (Å²) in [6.45, 7) is 3.92. The van der Waals surface area contributed by atoms with E-state index in [1.807, 2.05) is 12.4 Å². The second kappa shape index (κ2) is 6.89. The minimum atomic E-state index is -0.964. The number of imidazole rings is 1. The van der Waals surface area contributed by atoms with Gasteiger partial charge in [-0.15, -0.1) is 11.3 Å². The van der Waals surface area contributed by atoms with Gasteiger partial charge in [0.15, 0.2) is 5.60 Å². The number of fused-ring (bicyclic) bond motifs is 2. The van der Waals surface area contributed by atoms with E-state index in [4.69, 9.17) is 0 Å². The topological polar surface area (TPSA) is 41.3 Å². The number of benzene rings is 1. The van der Waals surface area contributed by atoms with Crippen LogP contribution in [-0.2, 0) is 25.1 Å². The van der Waals surface area contributed by atoms with Gasteiger partial charge in [-0.05, 0) is 42.9 Å². The predicted molar refractivity (Wildman–Crippen MR) is 108 cm³/mol. The predicted octanol–water partition coefficient (Wildman–Crippen LogP) is 3.65. The Morgan fingerprint density at radius 3 is 2.74 bits per heavy atom. The summed E-state index contributed by atoms with van der Waals surface area (Å²) in [6.07, 6.45) is 6.81. The quantitative estimate of drug-likeness (QED) is 0.755. The van der Waals surface area contributed by atoms with E-state index in [-0.39, 0.29) is 5.92 Å². The fraction of sp³-hybridized carbons (Fsp3) is 0.409. The SMILES string of the molecule is OC1(C2CCN(Cc3ccccc3)CC2)c2ccsc2CCn2ccnc21. The molecule has 0 saturated carbocycles. The molecule has 0 bridgehead atoms. The molecule has 27 heavy (non-hydrogen) atoms. The molecule has 2 aliphatic heterocycles. The number of aromatic nitrogens is 2. The van der Waals surface area contributed by atoms with E-state index in [2.05, 4.69) is 56.2 Å². The molecule has 0 spiro atoms. The van der Waals surface area contributed by atoms with Crippen LogP contribution in [0, 0.1) is 5.92 Å². The van der Waals surface area contributed by atoms with Crippen LogP contribution in [0.1, 0.15) is 34.7 Å². The van der Waals surface area contributed by atoms with E-state index in [9.17, 15) is 5.11 Å². The number of aryl methyl sites for hydroxylation is 2. The van der Waals surface area contributed by atoms with Crippen molar-refractivity contribution in [2.24, 2.45) is 5.92 Å². The number of hydrogen-bond acceptors (Lipinski definition) is 4. The second-order valence-corrected chi connectivity index (χ2v) is 8.75. The van der Waals surface area contributed by atoms with Crippen molar-refractivity contribution in [3.63, 3.8) is 0 Å². The maximum absolute atomic E-state index is 12.0. The molecule has 1 fully saturated rings. The molecule has 0 radical (unpaired) electrons. The monoisotopic (exact) mass is 379 g/mol. The minimum Gasteiger partial charge on any atom is -0.377 e. The molecule has 1 saturated heterocycles. The van der Waals surface area contributed by atoms with Gasteiger partial charge >= 0.3 is 0 Å². The highest BCUT2D eigenvalue weighted by atomic mass is 32.1. The summed E-state index contributed by atoms with van der Waals surface area (Å²) < 4.78 is 2.16. The summed E-state index contributed by atoms with van der Waals surface area (Å²) in [7, 11) is 0. The summed E-state index contributed by atoms with van der Waals surface area (Å²) in [4.78, 5) is 8.44. The molecule has 5 rings (SSSR count). The van der Waals surface area contributed by atoms with Crippen LogP contribution in [0.15, 0.2) is 54.2 Å². The number of nitrogens with zero attached hydrogens (tertiary/aromatic N) is 3. The van der Waals surface area contributed by atoms with Crippen molar-refractivity contribution in [1.29, 1.82) is 0 Å². The van der Waals surface area contributed by atoms with Crippen molar-refractivity contribution >= 4 is 11.3 Å². The van der Waals surface area contributed by atoms with Gasteiger partial charge in [0.2, 0.25) is 0 Å². The third-order valence-corrected chi connectivity index (χ3v) is 7.20. The molecular formula is C22H25N3OS. The summed E-state index contributed by atoms with van der Waals surface area (Å²) in [6, 6.07) is 12.8. The highest BCUT2D eigenvalue weighted by Gasteiger charge is 2.47. The van der Waals surface area contributed by atoms with E-state index in [0.29, 0.717) is 0 Å². The molecule has 1 unspecified atom stereocenters. The zero-order valence-electron chi connectivity index (χ0n) is 15.4. The molecule has 2 aromatic heterocycles. The lowest BCUT2D eigenvalue weighted by Gasteiger charge is -2.41. The first-order chi connectivity index (χ1) is 13.2. The number of aliphatic hydroxyl groups is 1. The molecule has 1 atom stereocenters. The van der Waals surface area contributed by atoms with Gasteiger partial charge in [0.1, 0.15) is 5.82 Å². The van der Waals surface area contributed by atoms with Gasteiger partial charge in [0.25, 0.3) is 0 Å². The van der Waals surface area contributed by atoms with Gasteiger partial charge < -0.3 is 9.67 Å². The Morgan fingerprint density at radius 2 is 1.93 bits per heavy atom. The van der Waals surface area contributed by atoms with Crippen molar-refractivity contribution in [2.75, 3.05) is 13.1 Å². The Labute approximate surface area is 164 Å². The normalized spacial score (nSPS) is 23.6. The largest absolute Gasteiger partial charge is 0.377 e. The summed E-state index contributed by atoms with van der Waals surface area (Å²) in [5, 5.41) is 14.2. The first-order valence-electron chi connectivity index (χ1n) is 9.82. The summed E-state index contributed by atoms with van der Waals surface area (Å²) >= 11 is 1.77. The molecule has 2 aliphatic rings. The molecule has 0 amide bonds. The molecular weight excluding hydrogens is 354 g/mol. The van der Waals surface area contributed by atoms with Gasteiger partial charge in [-0.1, -0.05) is 30.3 Å². The third kappa shape index (κ3) is 2.94. The van der Waals surface area contributed by atoms with E-state index in [1.165, 1.54) is 10.4 Å². The maximum Gasteiger partial charge on any atom is 0.151 e. The van der Waals surface area contributed by atoms with Gasteiger partial charge in [0.05, 0.1) is 0 Å². The Balaban J connectivity index is 1.40. The van der Waals surface area contributed by atoms with Crippen LogP contribution >= 0.6 is 11.3 Å². The van der Waals surface area contributed by atoms with Crippen LogP contribution in [0.25, 0.3) is 0 Å². The van der Waals surface area contributed by atoms with Crippen LogP contribution in [0.3, 0.4) is 0 Å². The molecule has 1 N–H and O–H groups in total. The van der Waals surface area contributed by atoms with Gasteiger partial charge in [-0.3, -0.25) is 4.90 Å². The molecule has 5 heteroatoms. The Hall–Kier alpha value is -1.95.